The Labute approximate surface area is 131 Å². The van der Waals surface area contributed by atoms with Crippen LogP contribution in [-0.2, 0) is 6.54 Å². The Morgan fingerprint density at radius 1 is 1.30 bits per heavy atom. The topological polar surface area (TPSA) is 21.3 Å². The average Bonchev–Trinajstić information content (AvgIpc) is 2.42. The minimum absolute atomic E-state index is 0.483. The van der Waals surface area contributed by atoms with Crippen molar-refractivity contribution in [1.82, 2.24) is 5.32 Å². The Bertz CT molecular complexity index is 404. The van der Waals surface area contributed by atoms with Crippen LogP contribution in [0.4, 0.5) is 0 Å². The molecular formula is C17H26BrNO. The number of allylic oxidation sites excluding steroid dienone is 1. The van der Waals surface area contributed by atoms with E-state index in [0.29, 0.717) is 6.04 Å². The molecule has 1 aromatic rings. The second kappa shape index (κ2) is 10.0. The van der Waals surface area contributed by atoms with Gasteiger partial charge in [0.15, 0.2) is 0 Å². The van der Waals surface area contributed by atoms with E-state index in [1.165, 1.54) is 18.4 Å². The van der Waals surface area contributed by atoms with Crippen LogP contribution >= 0.6 is 15.9 Å². The zero-order valence-electron chi connectivity index (χ0n) is 12.6. The summed E-state index contributed by atoms with van der Waals surface area (Å²) in [5, 5.41) is 3.43. The molecule has 0 fully saturated rings. The summed E-state index contributed by atoms with van der Waals surface area (Å²) in [6.07, 6.45) is 6.58. The molecule has 3 heteroatoms. The van der Waals surface area contributed by atoms with Gasteiger partial charge in [-0.1, -0.05) is 35.9 Å². The standard InChI is InChI=1S/C17H26BrNO/c1-4-5-6-7-8-11-20-16-9-10-17(18)15(12-16)13-19-14(2)3/h4,9-10,12,14,19H,1,5-8,11,13H2,2-3H3. The zero-order valence-corrected chi connectivity index (χ0v) is 14.2. The summed E-state index contributed by atoms with van der Waals surface area (Å²) in [4.78, 5) is 0. The first-order valence-electron chi connectivity index (χ1n) is 7.39. The van der Waals surface area contributed by atoms with Crippen LogP contribution in [0.25, 0.3) is 0 Å². The number of unbranched alkanes of at least 4 members (excludes halogenated alkanes) is 3. The zero-order chi connectivity index (χ0) is 14.8. The highest BCUT2D eigenvalue weighted by atomic mass is 79.9. The highest BCUT2D eigenvalue weighted by Gasteiger charge is 2.03. The number of hydrogen-bond acceptors (Lipinski definition) is 2. The fraction of sp³-hybridized carbons (Fsp3) is 0.529. The lowest BCUT2D eigenvalue weighted by Crippen LogP contribution is -2.22. The van der Waals surface area contributed by atoms with Crippen LogP contribution in [0.5, 0.6) is 5.75 Å². The molecule has 20 heavy (non-hydrogen) atoms. The summed E-state index contributed by atoms with van der Waals surface area (Å²) in [6, 6.07) is 6.68. The van der Waals surface area contributed by atoms with Crippen molar-refractivity contribution in [2.24, 2.45) is 0 Å². The smallest absolute Gasteiger partial charge is 0.119 e. The second-order valence-corrected chi connectivity index (χ2v) is 6.13. The molecule has 0 saturated heterocycles. The molecule has 0 saturated carbocycles. The molecule has 0 aliphatic heterocycles. The number of benzene rings is 1. The molecular weight excluding hydrogens is 314 g/mol. The van der Waals surface area contributed by atoms with Crippen molar-refractivity contribution >= 4 is 15.9 Å². The van der Waals surface area contributed by atoms with Crippen LogP contribution in [-0.4, -0.2) is 12.6 Å². The number of ether oxygens (including phenoxy) is 1. The van der Waals surface area contributed by atoms with Gasteiger partial charge >= 0.3 is 0 Å². The van der Waals surface area contributed by atoms with Crippen molar-refractivity contribution in [3.8, 4) is 5.75 Å². The maximum Gasteiger partial charge on any atom is 0.119 e. The van der Waals surface area contributed by atoms with E-state index < -0.39 is 0 Å². The summed E-state index contributed by atoms with van der Waals surface area (Å²) in [5.74, 6) is 0.956. The highest BCUT2D eigenvalue weighted by molar-refractivity contribution is 9.10. The van der Waals surface area contributed by atoms with E-state index >= 15 is 0 Å². The first-order valence-corrected chi connectivity index (χ1v) is 8.18. The van der Waals surface area contributed by atoms with Gasteiger partial charge in [-0.15, -0.1) is 6.58 Å². The average molecular weight is 340 g/mol. The molecule has 0 heterocycles. The van der Waals surface area contributed by atoms with Gasteiger partial charge in [-0.05, 0) is 49.4 Å². The summed E-state index contributed by atoms with van der Waals surface area (Å²) >= 11 is 3.59. The third kappa shape index (κ3) is 7.11. The Morgan fingerprint density at radius 3 is 2.80 bits per heavy atom. The molecule has 0 aromatic heterocycles. The summed E-state index contributed by atoms with van der Waals surface area (Å²) in [6.45, 7) is 9.68. The molecule has 0 amide bonds. The fourth-order valence-corrected chi connectivity index (χ4v) is 2.23. The third-order valence-electron chi connectivity index (χ3n) is 3.04. The molecule has 1 rings (SSSR count). The van der Waals surface area contributed by atoms with Gasteiger partial charge in [-0.25, -0.2) is 0 Å². The first-order chi connectivity index (χ1) is 9.63. The molecule has 0 aliphatic rings. The molecule has 0 atom stereocenters. The Balaban J connectivity index is 2.38. The van der Waals surface area contributed by atoms with Gasteiger partial charge < -0.3 is 10.1 Å². The van der Waals surface area contributed by atoms with Gasteiger partial charge in [0.2, 0.25) is 0 Å². The Morgan fingerprint density at radius 2 is 2.10 bits per heavy atom. The molecule has 1 N–H and O–H groups in total. The molecule has 0 unspecified atom stereocenters. The van der Waals surface area contributed by atoms with E-state index in [-0.39, 0.29) is 0 Å². The number of hydrogen-bond donors (Lipinski definition) is 1. The maximum atomic E-state index is 5.81. The molecule has 0 bridgehead atoms. The second-order valence-electron chi connectivity index (χ2n) is 5.28. The minimum atomic E-state index is 0.483. The quantitative estimate of drug-likeness (QED) is 0.474. The number of halogens is 1. The lowest BCUT2D eigenvalue weighted by atomic mass is 10.2. The Hall–Kier alpha value is -0.800. The lowest BCUT2D eigenvalue weighted by Gasteiger charge is -2.12. The summed E-state index contributed by atoms with van der Waals surface area (Å²) < 4.78 is 6.94. The van der Waals surface area contributed by atoms with E-state index in [9.17, 15) is 0 Å². The van der Waals surface area contributed by atoms with Gasteiger partial charge in [-0.3, -0.25) is 0 Å². The van der Waals surface area contributed by atoms with Crippen LogP contribution in [0.2, 0.25) is 0 Å². The minimum Gasteiger partial charge on any atom is -0.494 e. The summed E-state index contributed by atoms with van der Waals surface area (Å²) in [7, 11) is 0. The van der Waals surface area contributed by atoms with Gasteiger partial charge in [0.1, 0.15) is 5.75 Å². The van der Waals surface area contributed by atoms with Crippen molar-refractivity contribution in [3.63, 3.8) is 0 Å². The van der Waals surface area contributed by atoms with Gasteiger partial charge in [0, 0.05) is 17.1 Å². The third-order valence-corrected chi connectivity index (χ3v) is 3.81. The van der Waals surface area contributed by atoms with Crippen LogP contribution in [0.3, 0.4) is 0 Å². The number of rotatable bonds is 10. The predicted octanol–water partition coefficient (Wildman–Crippen LogP) is 5.07. The van der Waals surface area contributed by atoms with Crippen LogP contribution < -0.4 is 10.1 Å². The molecule has 112 valence electrons. The van der Waals surface area contributed by atoms with Gasteiger partial charge in [0.05, 0.1) is 6.61 Å². The summed E-state index contributed by atoms with van der Waals surface area (Å²) in [5.41, 5.74) is 1.24. The fourth-order valence-electron chi connectivity index (χ4n) is 1.85. The van der Waals surface area contributed by atoms with Crippen molar-refractivity contribution in [2.75, 3.05) is 6.61 Å². The maximum absolute atomic E-state index is 5.81. The lowest BCUT2D eigenvalue weighted by molar-refractivity contribution is 0.305. The Kier molecular flexibility index (Phi) is 8.63. The van der Waals surface area contributed by atoms with Crippen molar-refractivity contribution in [2.45, 2.75) is 52.1 Å². The van der Waals surface area contributed by atoms with Crippen molar-refractivity contribution in [1.29, 1.82) is 0 Å². The van der Waals surface area contributed by atoms with E-state index in [0.717, 1.165) is 36.2 Å². The van der Waals surface area contributed by atoms with Crippen LogP contribution in [0, 0.1) is 0 Å². The monoisotopic (exact) mass is 339 g/mol. The van der Waals surface area contributed by atoms with Crippen molar-refractivity contribution < 1.29 is 4.74 Å². The highest BCUT2D eigenvalue weighted by Crippen LogP contribution is 2.23. The molecule has 0 spiro atoms. The number of nitrogens with one attached hydrogen (secondary N) is 1. The van der Waals surface area contributed by atoms with Crippen LogP contribution in [0.1, 0.15) is 45.1 Å². The molecule has 0 radical (unpaired) electrons. The van der Waals surface area contributed by atoms with E-state index in [4.69, 9.17) is 4.74 Å². The van der Waals surface area contributed by atoms with E-state index in [1.807, 2.05) is 12.1 Å². The van der Waals surface area contributed by atoms with Crippen molar-refractivity contribution in [3.05, 3.63) is 40.9 Å². The van der Waals surface area contributed by atoms with Crippen LogP contribution in [0.15, 0.2) is 35.3 Å². The van der Waals surface area contributed by atoms with Gasteiger partial charge in [0.25, 0.3) is 0 Å². The molecule has 2 nitrogen and oxygen atoms in total. The molecule has 0 aliphatic carbocycles. The van der Waals surface area contributed by atoms with E-state index in [1.54, 1.807) is 0 Å². The SMILES string of the molecule is C=CCCCCCOc1ccc(Br)c(CNC(C)C)c1. The molecule has 1 aromatic carbocycles. The van der Waals surface area contributed by atoms with E-state index in [2.05, 4.69) is 53.8 Å². The predicted molar refractivity (Wildman–Crippen MR) is 90.3 cm³/mol. The first kappa shape index (κ1) is 17.3. The largest absolute Gasteiger partial charge is 0.494 e. The normalized spacial score (nSPS) is 10.8. The van der Waals surface area contributed by atoms with Gasteiger partial charge in [-0.2, -0.15) is 0 Å².